The predicted molar refractivity (Wildman–Crippen MR) is 111 cm³/mol. The third-order valence-corrected chi connectivity index (χ3v) is 6.32. The van der Waals surface area contributed by atoms with Crippen molar-refractivity contribution >= 4 is 32.6 Å². The highest BCUT2D eigenvalue weighted by Gasteiger charge is 2.28. The molecule has 158 valence electrons. The molecule has 0 bridgehead atoms. The van der Waals surface area contributed by atoms with Crippen molar-refractivity contribution in [2.24, 2.45) is 0 Å². The highest BCUT2D eigenvalue weighted by atomic mass is 32.2. The van der Waals surface area contributed by atoms with Crippen LogP contribution >= 0.6 is 0 Å². The van der Waals surface area contributed by atoms with E-state index in [0.717, 1.165) is 18.4 Å². The van der Waals surface area contributed by atoms with Crippen LogP contribution in [-0.4, -0.2) is 34.2 Å². The van der Waals surface area contributed by atoms with Crippen LogP contribution in [-0.2, 0) is 21.3 Å². The molecule has 2 aromatic carbocycles. The molecular formula is C21H21FN2O5S. The number of rotatable bonds is 4. The Morgan fingerprint density at radius 3 is 2.60 bits per heavy atom. The Morgan fingerprint density at radius 2 is 1.93 bits per heavy atom. The first-order valence-corrected chi connectivity index (χ1v) is 11.3. The number of hydrogen-bond acceptors (Lipinski definition) is 5. The summed E-state index contributed by atoms with van der Waals surface area (Å²) >= 11 is 0. The minimum atomic E-state index is -3.47. The summed E-state index contributed by atoms with van der Waals surface area (Å²) in [5.74, 6) is -0.664. The maximum atomic E-state index is 13.4. The molecule has 4 rings (SSSR count). The molecule has 0 saturated carbocycles. The van der Waals surface area contributed by atoms with Gasteiger partial charge in [-0.05, 0) is 55.2 Å². The van der Waals surface area contributed by atoms with Crippen LogP contribution < -0.4 is 9.79 Å². The molecule has 0 aliphatic carbocycles. The lowest BCUT2D eigenvalue weighted by molar-refractivity contribution is 0.0539. The number of furan rings is 1. The van der Waals surface area contributed by atoms with Crippen LogP contribution in [0.25, 0.3) is 22.3 Å². The third kappa shape index (κ3) is 3.66. The molecular weight excluding hydrogens is 411 g/mol. The van der Waals surface area contributed by atoms with Gasteiger partial charge >= 0.3 is 0 Å². The van der Waals surface area contributed by atoms with Crippen molar-refractivity contribution in [1.82, 2.24) is 5.48 Å². The SMILES string of the molecule is CONC(=O)c1c(-c2ccc(F)cc2)oc2cc3c(cc12)CCCCN3S(C)(=O)=O. The van der Waals surface area contributed by atoms with Crippen LogP contribution in [0.4, 0.5) is 10.1 Å². The van der Waals surface area contributed by atoms with Gasteiger partial charge in [0.05, 0.1) is 24.6 Å². The van der Waals surface area contributed by atoms with Gasteiger partial charge in [0, 0.05) is 23.6 Å². The summed E-state index contributed by atoms with van der Waals surface area (Å²) in [7, 11) is -2.14. The summed E-state index contributed by atoms with van der Waals surface area (Å²) in [6, 6.07) is 9.06. The lowest BCUT2D eigenvalue weighted by Crippen LogP contribution is -2.30. The largest absolute Gasteiger partial charge is 0.455 e. The lowest BCUT2D eigenvalue weighted by Gasteiger charge is -2.22. The van der Waals surface area contributed by atoms with Gasteiger partial charge in [-0.15, -0.1) is 0 Å². The number of hydrogen-bond donors (Lipinski definition) is 1. The fraction of sp³-hybridized carbons (Fsp3) is 0.286. The van der Waals surface area contributed by atoms with Crippen molar-refractivity contribution in [2.75, 3.05) is 24.2 Å². The zero-order valence-electron chi connectivity index (χ0n) is 16.6. The number of carbonyl (C=O) groups is 1. The molecule has 9 heteroatoms. The Balaban J connectivity index is 1.98. The number of benzene rings is 2. The number of hydroxylamine groups is 1. The molecule has 30 heavy (non-hydrogen) atoms. The number of nitrogens with one attached hydrogen (secondary N) is 1. The van der Waals surface area contributed by atoms with Gasteiger partial charge in [-0.1, -0.05) is 0 Å². The Bertz CT molecular complexity index is 1220. The predicted octanol–water partition coefficient (Wildman–Crippen LogP) is 3.63. The summed E-state index contributed by atoms with van der Waals surface area (Å²) in [6.07, 6.45) is 3.42. The maximum Gasteiger partial charge on any atom is 0.279 e. The minimum Gasteiger partial charge on any atom is -0.455 e. The second-order valence-corrected chi connectivity index (χ2v) is 9.12. The Labute approximate surface area is 173 Å². The normalized spacial score (nSPS) is 14.4. The zero-order valence-corrected chi connectivity index (χ0v) is 17.4. The molecule has 0 saturated heterocycles. The van der Waals surface area contributed by atoms with Gasteiger partial charge in [0.2, 0.25) is 10.0 Å². The van der Waals surface area contributed by atoms with Crippen molar-refractivity contribution in [3.05, 3.63) is 53.3 Å². The van der Waals surface area contributed by atoms with Crippen LogP contribution in [0, 0.1) is 5.82 Å². The average molecular weight is 432 g/mol. The first kappa shape index (κ1) is 20.4. The minimum absolute atomic E-state index is 0.247. The van der Waals surface area contributed by atoms with Crippen LogP contribution in [0.5, 0.6) is 0 Å². The molecule has 1 aliphatic rings. The maximum absolute atomic E-state index is 13.4. The summed E-state index contributed by atoms with van der Waals surface area (Å²) in [5.41, 5.74) is 4.82. The van der Waals surface area contributed by atoms with E-state index in [2.05, 4.69) is 5.48 Å². The van der Waals surface area contributed by atoms with E-state index in [1.54, 1.807) is 12.1 Å². The standard InChI is InChI=1S/C21H21FN2O5S/c1-28-23-21(25)19-16-11-14-5-3-4-10-24(30(2,26)27)17(14)12-18(16)29-20(19)13-6-8-15(22)9-7-13/h6-9,11-12H,3-5,10H2,1-2H3,(H,23,25). The number of carbonyl (C=O) groups excluding carboxylic acids is 1. The van der Waals surface area contributed by atoms with Crippen LogP contribution in [0.15, 0.2) is 40.8 Å². The smallest absolute Gasteiger partial charge is 0.279 e. The monoisotopic (exact) mass is 432 g/mol. The molecule has 1 N–H and O–H groups in total. The molecule has 0 unspecified atom stereocenters. The van der Waals surface area contributed by atoms with Crippen molar-refractivity contribution in [2.45, 2.75) is 19.3 Å². The number of nitrogens with zero attached hydrogens (tertiary/aromatic N) is 1. The molecule has 0 radical (unpaired) electrons. The van der Waals surface area contributed by atoms with Crippen molar-refractivity contribution < 1.29 is 26.9 Å². The summed E-state index contributed by atoms with van der Waals surface area (Å²) in [6.45, 7) is 0.389. The summed E-state index contributed by atoms with van der Waals surface area (Å²) < 4.78 is 45.4. The molecule has 1 aromatic heterocycles. The van der Waals surface area contributed by atoms with Gasteiger partial charge < -0.3 is 4.42 Å². The van der Waals surface area contributed by atoms with E-state index in [4.69, 9.17) is 9.25 Å². The zero-order chi connectivity index (χ0) is 21.5. The topological polar surface area (TPSA) is 88.8 Å². The molecule has 2 heterocycles. The van der Waals surface area contributed by atoms with E-state index in [1.807, 2.05) is 0 Å². The van der Waals surface area contributed by atoms with Crippen LogP contribution in [0.2, 0.25) is 0 Å². The highest BCUT2D eigenvalue weighted by molar-refractivity contribution is 7.92. The van der Waals surface area contributed by atoms with Gasteiger partial charge in [0.15, 0.2) is 0 Å². The molecule has 1 amide bonds. The van der Waals surface area contributed by atoms with E-state index >= 15 is 0 Å². The fourth-order valence-corrected chi connectivity index (χ4v) is 4.81. The van der Waals surface area contributed by atoms with Gasteiger partial charge in [0.25, 0.3) is 5.91 Å². The quantitative estimate of drug-likeness (QED) is 0.636. The van der Waals surface area contributed by atoms with Crippen molar-refractivity contribution in [3.8, 4) is 11.3 Å². The highest BCUT2D eigenvalue weighted by Crippen LogP contribution is 2.39. The van der Waals surface area contributed by atoms with Gasteiger partial charge in [-0.2, -0.15) is 0 Å². The Kier molecular flexibility index (Phi) is 5.25. The number of halogens is 1. The third-order valence-electron chi connectivity index (χ3n) is 5.14. The fourth-order valence-electron chi connectivity index (χ4n) is 3.82. The number of amides is 1. The molecule has 1 aliphatic heterocycles. The lowest BCUT2D eigenvalue weighted by atomic mass is 10.0. The van der Waals surface area contributed by atoms with Crippen molar-refractivity contribution in [3.63, 3.8) is 0 Å². The van der Waals surface area contributed by atoms with E-state index in [1.165, 1.54) is 41.9 Å². The van der Waals surface area contributed by atoms with Gasteiger partial charge in [0.1, 0.15) is 17.2 Å². The second kappa shape index (κ2) is 7.73. The van der Waals surface area contributed by atoms with E-state index in [9.17, 15) is 17.6 Å². The van der Waals surface area contributed by atoms with E-state index in [-0.39, 0.29) is 11.3 Å². The second-order valence-electron chi connectivity index (χ2n) is 7.22. The number of aryl methyl sites for hydroxylation is 1. The molecule has 0 fully saturated rings. The first-order chi connectivity index (χ1) is 14.3. The van der Waals surface area contributed by atoms with Gasteiger partial charge in [-0.25, -0.2) is 18.3 Å². The summed E-state index contributed by atoms with van der Waals surface area (Å²) in [4.78, 5) is 17.6. The van der Waals surface area contributed by atoms with Gasteiger partial charge in [-0.3, -0.25) is 13.9 Å². The van der Waals surface area contributed by atoms with Crippen LogP contribution in [0.1, 0.15) is 28.8 Å². The summed E-state index contributed by atoms with van der Waals surface area (Å²) in [5, 5.41) is 0.540. The van der Waals surface area contributed by atoms with Crippen molar-refractivity contribution in [1.29, 1.82) is 0 Å². The Hall–Kier alpha value is -2.91. The number of anilines is 1. The average Bonchev–Trinajstić information content (AvgIpc) is 2.91. The molecule has 0 spiro atoms. The molecule has 3 aromatic rings. The van der Waals surface area contributed by atoms with E-state index in [0.29, 0.717) is 35.2 Å². The Morgan fingerprint density at radius 1 is 1.20 bits per heavy atom. The first-order valence-electron chi connectivity index (χ1n) is 9.46. The number of fused-ring (bicyclic) bond motifs is 2. The molecule has 7 nitrogen and oxygen atoms in total. The number of sulfonamides is 1. The van der Waals surface area contributed by atoms with Crippen LogP contribution in [0.3, 0.4) is 0 Å². The molecule has 0 atom stereocenters. The van der Waals surface area contributed by atoms with E-state index < -0.39 is 21.7 Å².